The Morgan fingerprint density at radius 3 is 2.41 bits per heavy atom. The van der Waals surface area contributed by atoms with Crippen LogP contribution in [-0.4, -0.2) is 78.6 Å². The number of aromatic nitrogens is 1. The van der Waals surface area contributed by atoms with E-state index in [-0.39, 0.29) is 35.6 Å². The molecule has 1 amide bonds. The molecule has 2 aromatic rings. The highest BCUT2D eigenvalue weighted by molar-refractivity contribution is 6.24. The van der Waals surface area contributed by atoms with Crippen LogP contribution in [0.4, 0.5) is 0 Å². The maximum Gasteiger partial charge on any atom is 0.255 e. The molecule has 192 valence electrons. The molecule has 0 bridgehead atoms. The lowest BCUT2D eigenvalue weighted by atomic mass is 9.58. The summed E-state index contributed by atoms with van der Waals surface area (Å²) in [6.45, 7) is 0. The van der Waals surface area contributed by atoms with Gasteiger partial charge in [0.25, 0.3) is 5.91 Å². The molecule has 0 unspecified atom stereocenters. The van der Waals surface area contributed by atoms with Gasteiger partial charge in [0.05, 0.1) is 11.6 Å². The molecule has 3 aliphatic rings. The Morgan fingerprint density at radius 2 is 1.81 bits per heavy atom. The summed E-state index contributed by atoms with van der Waals surface area (Å²) in [5.41, 5.74) is 3.12. The first-order valence-electron chi connectivity index (χ1n) is 11.5. The predicted octanol–water partition coefficient (Wildman–Crippen LogP) is 0.888. The summed E-state index contributed by atoms with van der Waals surface area (Å²) in [5.74, 6) is -7.18. The van der Waals surface area contributed by atoms with E-state index in [9.17, 15) is 39.9 Å². The average molecular weight is 507 g/mol. The van der Waals surface area contributed by atoms with E-state index in [1.807, 2.05) is 0 Å². The van der Waals surface area contributed by atoms with Gasteiger partial charge >= 0.3 is 0 Å². The van der Waals surface area contributed by atoms with Gasteiger partial charge in [-0.1, -0.05) is 6.07 Å². The molecule has 1 aromatic heterocycles. The molecule has 3 aliphatic carbocycles. The number of amides is 1. The molecule has 0 spiro atoms. The largest absolute Gasteiger partial charge is 0.510 e. The van der Waals surface area contributed by atoms with Crippen molar-refractivity contribution in [3.8, 4) is 22.8 Å². The van der Waals surface area contributed by atoms with Crippen LogP contribution in [-0.2, 0) is 16.0 Å². The number of primary amides is 1. The number of aromatic hydroxyl groups is 2. The number of aliphatic hydroxyl groups is 3. The lowest BCUT2D eigenvalue weighted by molar-refractivity contribution is -0.148. The van der Waals surface area contributed by atoms with Gasteiger partial charge in [-0.15, -0.1) is 0 Å². The average Bonchev–Trinajstić information content (AvgIpc) is 2.82. The van der Waals surface area contributed by atoms with Gasteiger partial charge in [0.15, 0.2) is 11.4 Å². The van der Waals surface area contributed by atoms with Crippen molar-refractivity contribution in [2.45, 2.75) is 24.5 Å². The third kappa shape index (κ3) is 3.27. The van der Waals surface area contributed by atoms with Crippen molar-refractivity contribution >= 4 is 17.5 Å². The zero-order valence-corrected chi connectivity index (χ0v) is 20.0. The molecule has 1 aromatic carbocycles. The number of benzene rings is 1. The molecule has 11 nitrogen and oxygen atoms in total. The van der Waals surface area contributed by atoms with E-state index in [0.717, 1.165) is 0 Å². The standard InChI is InChI=1S/C26H25N3O8/c1-29(2)20-14-8-11-7-13-12(10-3-6-16(31)28-9-10)4-5-15(30)18(13)21(32)17(11)23(34)26(14,37)24(35)19(22(20)33)25(27)36/h3-6,9,11,14,20,30,33-34,37H,7-8H2,1-2H3,(H2,27,36)(H,28,31)/t11-,14-,20-,26-/m0/s1. The van der Waals surface area contributed by atoms with Crippen LogP contribution in [0.3, 0.4) is 0 Å². The van der Waals surface area contributed by atoms with Gasteiger partial charge in [-0.05, 0) is 56.1 Å². The van der Waals surface area contributed by atoms with Gasteiger partial charge in [0, 0.05) is 29.3 Å². The molecule has 4 atom stereocenters. The quantitative estimate of drug-likeness (QED) is 0.325. The number of rotatable bonds is 3. The summed E-state index contributed by atoms with van der Waals surface area (Å²) in [5, 5.41) is 53.9. The van der Waals surface area contributed by atoms with E-state index in [2.05, 4.69) is 4.98 Å². The second-order valence-corrected chi connectivity index (χ2v) is 9.85. The summed E-state index contributed by atoms with van der Waals surface area (Å²) in [6.07, 6.45) is 1.57. The minimum absolute atomic E-state index is 0.00527. The molecule has 0 saturated carbocycles. The first kappa shape index (κ1) is 24.5. The Labute approximate surface area is 210 Å². The number of phenolic OH excluding ortho intramolecular Hbond substituents is 1. The topological polar surface area (TPSA) is 195 Å². The number of phenols is 1. The van der Waals surface area contributed by atoms with Gasteiger partial charge in [-0.2, -0.15) is 0 Å². The van der Waals surface area contributed by atoms with Crippen molar-refractivity contribution in [2.24, 2.45) is 17.6 Å². The zero-order chi connectivity index (χ0) is 27.0. The molecule has 0 aliphatic heterocycles. The molecule has 7 N–H and O–H groups in total. The van der Waals surface area contributed by atoms with Gasteiger partial charge in [-0.25, -0.2) is 4.98 Å². The highest BCUT2D eigenvalue weighted by Crippen LogP contribution is 2.53. The molecule has 11 heteroatoms. The molecule has 0 fully saturated rings. The molecule has 37 heavy (non-hydrogen) atoms. The number of hydrogen-bond acceptors (Lipinski definition) is 10. The Morgan fingerprint density at radius 1 is 1.11 bits per heavy atom. The van der Waals surface area contributed by atoms with Crippen LogP contribution in [0.25, 0.3) is 11.1 Å². The van der Waals surface area contributed by atoms with E-state index >= 15 is 0 Å². The van der Waals surface area contributed by atoms with Gasteiger partial charge in [-0.3, -0.25) is 19.3 Å². The number of pyridine rings is 1. The highest BCUT2D eigenvalue weighted by atomic mass is 16.3. The number of likely N-dealkylation sites (N-methyl/N-ethyl adjacent to an activating group) is 1. The third-order valence-electron chi connectivity index (χ3n) is 7.66. The van der Waals surface area contributed by atoms with Crippen molar-refractivity contribution in [3.05, 3.63) is 64.3 Å². The molecule has 5 rings (SSSR count). The Bertz CT molecular complexity index is 1440. The van der Waals surface area contributed by atoms with E-state index in [4.69, 9.17) is 5.73 Å². The van der Waals surface area contributed by atoms with Crippen molar-refractivity contribution in [1.29, 1.82) is 0 Å². The SMILES string of the molecule is CN(C)[C@@H]1C(O)=C(C(N)=O)C(=O)[C@@]2(O)C(O)=C3C(=O)c4c(O)ccc(-c5ccc(O)nc5)c4C[C@H]3C[C@@H]12. The summed E-state index contributed by atoms with van der Waals surface area (Å²) in [7, 11) is 3.14. The first-order valence-corrected chi connectivity index (χ1v) is 11.5. The molecule has 0 radical (unpaired) electrons. The fourth-order valence-electron chi connectivity index (χ4n) is 6.07. The number of ketones is 2. The lowest BCUT2D eigenvalue weighted by Crippen LogP contribution is -2.63. The van der Waals surface area contributed by atoms with Gasteiger partial charge in [0.1, 0.15) is 22.8 Å². The maximum atomic E-state index is 13.7. The lowest BCUT2D eigenvalue weighted by Gasteiger charge is -2.50. The summed E-state index contributed by atoms with van der Waals surface area (Å²) >= 11 is 0. The Hall–Kier alpha value is -4.22. The maximum absolute atomic E-state index is 13.7. The van der Waals surface area contributed by atoms with Crippen molar-refractivity contribution in [2.75, 3.05) is 14.1 Å². The number of carbonyl (C=O) groups excluding carboxylic acids is 3. The number of aliphatic hydroxyl groups excluding tert-OH is 2. The van der Waals surface area contributed by atoms with Gasteiger partial charge in [0.2, 0.25) is 11.7 Å². The fraction of sp³-hybridized carbons (Fsp3) is 0.308. The second-order valence-electron chi connectivity index (χ2n) is 9.85. The number of Topliss-reactive ketones (excluding diaryl/α,β-unsaturated/α-hetero) is 2. The van der Waals surface area contributed by atoms with Crippen molar-refractivity contribution in [3.63, 3.8) is 0 Å². The van der Waals surface area contributed by atoms with Crippen LogP contribution in [0.15, 0.2) is 53.1 Å². The minimum atomic E-state index is -2.68. The smallest absolute Gasteiger partial charge is 0.255 e. The zero-order valence-electron chi connectivity index (χ0n) is 20.0. The summed E-state index contributed by atoms with van der Waals surface area (Å²) in [4.78, 5) is 44.5. The summed E-state index contributed by atoms with van der Waals surface area (Å²) in [6, 6.07) is 4.87. The summed E-state index contributed by atoms with van der Waals surface area (Å²) < 4.78 is 0. The number of nitrogens with two attached hydrogens (primary N) is 1. The van der Waals surface area contributed by atoms with Crippen LogP contribution in [0.5, 0.6) is 11.6 Å². The monoisotopic (exact) mass is 507 g/mol. The van der Waals surface area contributed by atoms with E-state index in [0.29, 0.717) is 16.7 Å². The molecule has 0 saturated heterocycles. The normalized spacial score (nSPS) is 27.2. The first-order chi connectivity index (χ1) is 17.4. The molecular formula is C26H25N3O8. The van der Waals surface area contributed by atoms with Crippen LogP contribution in [0.1, 0.15) is 22.3 Å². The van der Waals surface area contributed by atoms with E-state index in [1.54, 1.807) is 26.2 Å². The highest BCUT2D eigenvalue weighted by Gasteiger charge is 2.63. The fourth-order valence-corrected chi connectivity index (χ4v) is 6.07. The minimum Gasteiger partial charge on any atom is -0.510 e. The van der Waals surface area contributed by atoms with Crippen LogP contribution in [0.2, 0.25) is 0 Å². The number of nitrogens with zero attached hydrogens (tertiary/aromatic N) is 2. The predicted molar refractivity (Wildman–Crippen MR) is 129 cm³/mol. The van der Waals surface area contributed by atoms with Crippen LogP contribution < -0.4 is 5.73 Å². The number of carbonyl (C=O) groups is 3. The van der Waals surface area contributed by atoms with Crippen molar-refractivity contribution < 1.29 is 39.9 Å². The van der Waals surface area contributed by atoms with E-state index in [1.165, 1.54) is 23.2 Å². The number of hydrogen-bond donors (Lipinski definition) is 6. The third-order valence-corrected chi connectivity index (χ3v) is 7.66. The number of allylic oxidation sites excluding steroid dienone is 1. The van der Waals surface area contributed by atoms with Crippen LogP contribution >= 0.6 is 0 Å². The van der Waals surface area contributed by atoms with E-state index < -0.39 is 58.0 Å². The Balaban J connectivity index is 1.72. The Kier molecular flexibility index (Phi) is 5.39. The van der Waals surface area contributed by atoms with Crippen LogP contribution in [0, 0.1) is 11.8 Å². The van der Waals surface area contributed by atoms with Gasteiger partial charge < -0.3 is 31.3 Å². The second kappa shape index (κ2) is 8.15. The molecule has 1 heterocycles. The molecular weight excluding hydrogens is 482 g/mol. The van der Waals surface area contributed by atoms with Crippen molar-refractivity contribution in [1.82, 2.24) is 9.88 Å². The number of fused-ring (bicyclic) bond motifs is 3.